The van der Waals surface area contributed by atoms with Crippen molar-refractivity contribution in [3.63, 3.8) is 0 Å². The predicted octanol–water partition coefficient (Wildman–Crippen LogP) is 2.67. The number of carbonyl (C=O) groups is 2. The third kappa shape index (κ3) is 3.00. The summed E-state index contributed by atoms with van der Waals surface area (Å²) in [6, 6.07) is 8.15. The maximum atomic E-state index is 13.7. The van der Waals surface area contributed by atoms with Gasteiger partial charge in [-0.05, 0) is 42.8 Å². The van der Waals surface area contributed by atoms with E-state index >= 15 is 0 Å². The molecule has 5 nitrogen and oxygen atoms in total. The van der Waals surface area contributed by atoms with Gasteiger partial charge in [0.05, 0.1) is 11.3 Å². The molecule has 6 heteroatoms. The van der Waals surface area contributed by atoms with Crippen LogP contribution in [0.3, 0.4) is 0 Å². The van der Waals surface area contributed by atoms with E-state index in [1.54, 1.807) is 19.1 Å². The Morgan fingerprint density at radius 3 is 2.57 bits per heavy atom. The van der Waals surface area contributed by atoms with Crippen molar-refractivity contribution < 1.29 is 19.1 Å². The molecule has 2 aromatic carbocycles. The Labute approximate surface area is 120 Å². The molecule has 0 aliphatic rings. The number of anilines is 2. The average molecular weight is 288 g/mol. The summed E-state index contributed by atoms with van der Waals surface area (Å²) in [6.45, 7) is 1.73. The second-order valence-electron chi connectivity index (χ2n) is 4.49. The molecule has 0 bridgehead atoms. The number of para-hydroxylation sites is 1. The van der Waals surface area contributed by atoms with Crippen LogP contribution in [0.5, 0.6) is 0 Å². The van der Waals surface area contributed by atoms with Gasteiger partial charge in [0.25, 0.3) is 5.91 Å². The summed E-state index contributed by atoms with van der Waals surface area (Å²) >= 11 is 0. The van der Waals surface area contributed by atoms with Crippen molar-refractivity contribution in [1.29, 1.82) is 0 Å². The van der Waals surface area contributed by atoms with Crippen molar-refractivity contribution in [2.24, 2.45) is 0 Å². The number of carboxylic acid groups (broad SMARTS) is 1. The third-order valence-electron chi connectivity index (χ3n) is 3.01. The van der Waals surface area contributed by atoms with Gasteiger partial charge in [0.15, 0.2) is 0 Å². The monoisotopic (exact) mass is 288 g/mol. The van der Waals surface area contributed by atoms with E-state index in [2.05, 4.69) is 5.32 Å². The van der Waals surface area contributed by atoms with Gasteiger partial charge >= 0.3 is 5.97 Å². The number of nitrogens with one attached hydrogen (secondary N) is 1. The molecule has 108 valence electrons. The minimum Gasteiger partial charge on any atom is -0.478 e. The molecule has 0 fully saturated rings. The van der Waals surface area contributed by atoms with Gasteiger partial charge in [-0.15, -0.1) is 0 Å². The number of carboxylic acids is 1. The van der Waals surface area contributed by atoms with Gasteiger partial charge in [0, 0.05) is 11.3 Å². The van der Waals surface area contributed by atoms with Gasteiger partial charge in [0.1, 0.15) is 5.82 Å². The van der Waals surface area contributed by atoms with Crippen molar-refractivity contribution in [3.05, 3.63) is 58.9 Å². The number of aryl methyl sites for hydroxylation is 1. The van der Waals surface area contributed by atoms with Gasteiger partial charge in [0.2, 0.25) is 0 Å². The van der Waals surface area contributed by atoms with Crippen LogP contribution in [-0.4, -0.2) is 17.0 Å². The van der Waals surface area contributed by atoms with Crippen molar-refractivity contribution >= 4 is 23.3 Å². The Balaban J connectivity index is 2.36. The maximum absolute atomic E-state index is 13.7. The first-order valence-corrected chi connectivity index (χ1v) is 6.09. The summed E-state index contributed by atoms with van der Waals surface area (Å²) in [5.41, 5.74) is 6.49. The number of amides is 1. The van der Waals surface area contributed by atoms with Crippen molar-refractivity contribution in [2.45, 2.75) is 6.92 Å². The molecule has 4 N–H and O–H groups in total. The minimum atomic E-state index is -1.32. The largest absolute Gasteiger partial charge is 0.478 e. The Kier molecular flexibility index (Phi) is 3.89. The summed E-state index contributed by atoms with van der Waals surface area (Å²) in [5.74, 6) is -2.74. The highest BCUT2D eigenvalue weighted by molar-refractivity contribution is 6.08. The fourth-order valence-corrected chi connectivity index (χ4v) is 1.83. The Hall–Kier alpha value is -2.89. The highest BCUT2D eigenvalue weighted by Crippen LogP contribution is 2.21. The number of aromatic carboxylic acids is 1. The first-order valence-electron chi connectivity index (χ1n) is 6.09. The highest BCUT2D eigenvalue weighted by Gasteiger charge is 2.17. The molecule has 0 atom stereocenters. The van der Waals surface area contributed by atoms with Crippen LogP contribution in [0.2, 0.25) is 0 Å². The van der Waals surface area contributed by atoms with Crippen LogP contribution in [0.25, 0.3) is 0 Å². The Bertz CT molecular complexity index is 729. The first-order chi connectivity index (χ1) is 9.90. The topological polar surface area (TPSA) is 92.4 Å². The molecular weight excluding hydrogens is 275 g/mol. The highest BCUT2D eigenvalue weighted by atomic mass is 19.1. The van der Waals surface area contributed by atoms with E-state index < -0.39 is 17.7 Å². The molecule has 21 heavy (non-hydrogen) atoms. The van der Waals surface area contributed by atoms with E-state index in [1.807, 2.05) is 0 Å². The average Bonchev–Trinajstić information content (AvgIpc) is 2.43. The zero-order chi connectivity index (χ0) is 15.6. The van der Waals surface area contributed by atoms with Crippen molar-refractivity contribution in [2.75, 3.05) is 11.1 Å². The van der Waals surface area contributed by atoms with Crippen LogP contribution in [0.4, 0.5) is 15.8 Å². The number of nitrogens with two attached hydrogens (primary N) is 1. The summed E-state index contributed by atoms with van der Waals surface area (Å²) in [7, 11) is 0. The number of halogens is 1. The van der Waals surface area contributed by atoms with Gasteiger partial charge in [-0.3, -0.25) is 4.79 Å². The summed E-state index contributed by atoms with van der Waals surface area (Å²) in [4.78, 5) is 23.1. The number of carbonyl (C=O) groups excluding carboxylic acids is 1. The second-order valence-corrected chi connectivity index (χ2v) is 4.49. The molecule has 2 rings (SSSR count). The summed E-state index contributed by atoms with van der Waals surface area (Å²) < 4.78 is 13.7. The van der Waals surface area contributed by atoms with Crippen LogP contribution in [0, 0.1) is 12.7 Å². The van der Waals surface area contributed by atoms with E-state index in [1.165, 1.54) is 18.2 Å². The number of nitrogen functional groups attached to an aromatic ring is 1. The van der Waals surface area contributed by atoms with Gasteiger partial charge in [-0.2, -0.15) is 0 Å². The molecule has 2 aromatic rings. The molecule has 0 heterocycles. The van der Waals surface area contributed by atoms with Gasteiger partial charge in [-0.25, -0.2) is 9.18 Å². The fourth-order valence-electron chi connectivity index (χ4n) is 1.83. The Morgan fingerprint density at radius 2 is 1.95 bits per heavy atom. The predicted molar refractivity (Wildman–Crippen MR) is 76.9 cm³/mol. The molecule has 0 spiro atoms. The van der Waals surface area contributed by atoms with Gasteiger partial charge in [-0.1, -0.05) is 6.07 Å². The quantitative estimate of drug-likeness (QED) is 0.757. The maximum Gasteiger partial charge on any atom is 0.337 e. The third-order valence-corrected chi connectivity index (χ3v) is 3.01. The Morgan fingerprint density at radius 1 is 1.24 bits per heavy atom. The summed E-state index contributed by atoms with van der Waals surface area (Å²) in [5, 5.41) is 11.3. The lowest BCUT2D eigenvalue weighted by Crippen LogP contribution is -2.16. The van der Waals surface area contributed by atoms with E-state index in [0.29, 0.717) is 11.3 Å². The lowest BCUT2D eigenvalue weighted by molar-refractivity contribution is 0.0697. The van der Waals surface area contributed by atoms with E-state index in [0.717, 1.165) is 6.07 Å². The van der Waals surface area contributed by atoms with E-state index in [9.17, 15) is 14.0 Å². The van der Waals surface area contributed by atoms with E-state index in [4.69, 9.17) is 10.8 Å². The molecule has 1 amide bonds. The number of hydrogen-bond acceptors (Lipinski definition) is 3. The van der Waals surface area contributed by atoms with Gasteiger partial charge < -0.3 is 16.2 Å². The molecular formula is C15H13FN2O3. The minimum absolute atomic E-state index is 0.265. The lowest BCUT2D eigenvalue weighted by Gasteiger charge is -2.10. The molecule has 0 unspecified atom stereocenters. The van der Waals surface area contributed by atoms with Crippen LogP contribution in [0.15, 0.2) is 36.4 Å². The number of hydrogen-bond donors (Lipinski definition) is 3. The zero-order valence-corrected chi connectivity index (χ0v) is 11.2. The lowest BCUT2D eigenvalue weighted by atomic mass is 10.1. The fraction of sp³-hybridized carbons (Fsp3) is 0.0667. The molecule has 0 saturated heterocycles. The van der Waals surface area contributed by atoms with Crippen LogP contribution in [-0.2, 0) is 0 Å². The smallest absolute Gasteiger partial charge is 0.337 e. The zero-order valence-electron chi connectivity index (χ0n) is 11.2. The SMILES string of the molecule is Cc1cc(C(=O)Nc2c(F)cccc2C(=O)O)ccc1N. The van der Waals surface area contributed by atoms with Crippen LogP contribution in [0.1, 0.15) is 26.3 Å². The molecule has 0 radical (unpaired) electrons. The first kappa shape index (κ1) is 14.5. The molecule has 0 aliphatic carbocycles. The van der Waals surface area contributed by atoms with Crippen molar-refractivity contribution in [3.8, 4) is 0 Å². The van der Waals surface area contributed by atoms with Crippen LogP contribution >= 0.6 is 0 Å². The second kappa shape index (κ2) is 5.62. The molecule has 0 aliphatic heterocycles. The number of benzene rings is 2. The molecule has 0 saturated carbocycles. The number of rotatable bonds is 3. The molecule has 0 aromatic heterocycles. The standard InChI is InChI=1S/C15H13FN2O3/c1-8-7-9(5-6-12(8)17)14(19)18-13-10(15(20)21)3-2-4-11(13)16/h2-7H,17H2,1H3,(H,18,19)(H,20,21). The normalized spacial score (nSPS) is 10.2. The van der Waals surface area contributed by atoms with E-state index in [-0.39, 0.29) is 16.8 Å². The summed E-state index contributed by atoms with van der Waals surface area (Å²) in [6.07, 6.45) is 0. The van der Waals surface area contributed by atoms with Crippen LogP contribution < -0.4 is 11.1 Å². The van der Waals surface area contributed by atoms with Crippen molar-refractivity contribution in [1.82, 2.24) is 0 Å².